The fraction of sp³-hybridized carbons (Fsp3) is 0.692. The van der Waals surface area contributed by atoms with Crippen molar-refractivity contribution in [3.8, 4) is 0 Å². The number of aromatic nitrogens is 2. The first-order valence-electron chi connectivity index (χ1n) is 6.15. The second kappa shape index (κ2) is 5.45. The van der Waals surface area contributed by atoms with E-state index in [0.29, 0.717) is 6.61 Å². The molecule has 0 spiro atoms. The van der Waals surface area contributed by atoms with Gasteiger partial charge in [0.2, 0.25) is 0 Å². The van der Waals surface area contributed by atoms with Gasteiger partial charge in [-0.3, -0.25) is 0 Å². The van der Waals surface area contributed by atoms with Gasteiger partial charge in [0, 0.05) is 24.4 Å². The van der Waals surface area contributed by atoms with Gasteiger partial charge in [-0.15, -0.1) is 0 Å². The van der Waals surface area contributed by atoms with E-state index in [1.807, 2.05) is 34.6 Å². The molecule has 0 saturated heterocycles. The molecule has 0 radical (unpaired) electrons. The molecule has 0 fully saturated rings. The molecule has 0 bridgehead atoms. The molecule has 96 valence electrons. The molecule has 0 aromatic carbocycles. The molecule has 1 N–H and O–H groups in total. The van der Waals surface area contributed by atoms with E-state index in [2.05, 4.69) is 22.2 Å². The lowest BCUT2D eigenvalue weighted by Crippen LogP contribution is -2.26. The zero-order chi connectivity index (χ0) is 13.1. The van der Waals surface area contributed by atoms with Crippen LogP contribution in [0.2, 0.25) is 0 Å². The van der Waals surface area contributed by atoms with Crippen LogP contribution in [0, 0.1) is 13.8 Å². The number of nitrogens with one attached hydrogen (secondary N) is 1. The third-order valence-electron chi connectivity index (χ3n) is 2.78. The first-order chi connectivity index (χ1) is 7.92. The van der Waals surface area contributed by atoms with Gasteiger partial charge in [-0.2, -0.15) is 0 Å². The Bertz CT molecular complexity index is 388. The largest absolute Gasteiger partial charge is 0.370 e. The van der Waals surface area contributed by atoms with E-state index in [1.54, 1.807) is 0 Å². The Labute approximate surface area is 104 Å². The summed E-state index contributed by atoms with van der Waals surface area (Å²) in [5, 5.41) is 3.26. The summed E-state index contributed by atoms with van der Waals surface area (Å²) in [6, 6.07) is 0. The van der Waals surface area contributed by atoms with Crippen molar-refractivity contribution in [3.05, 3.63) is 17.1 Å². The minimum Gasteiger partial charge on any atom is -0.370 e. The number of anilines is 1. The lowest BCUT2D eigenvalue weighted by molar-refractivity contribution is -0.0208. The van der Waals surface area contributed by atoms with Crippen molar-refractivity contribution >= 4 is 5.82 Å². The summed E-state index contributed by atoms with van der Waals surface area (Å²) in [4.78, 5) is 9.10. The molecule has 1 rings (SSSR count). The quantitative estimate of drug-likeness (QED) is 0.855. The minimum absolute atomic E-state index is 0.447. The molecule has 0 aliphatic heterocycles. The van der Waals surface area contributed by atoms with Gasteiger partial charge in [-0.1, -0.05) is 0 Å². The van der Waals surface area contributed by atoms with Gasteiger partial charge in [0.25, 0.3) is 0 Å². The molecule has 1 aromatic heterocycles. The molecule has 0 amide bonds. The number of aryl methyl sites for hydroxylation is 1. The molecule has 0 aliphatic carbocycles. The van der Waals surface area contributed by atoms with Crippen LogP contribution in [0.15, 0.2) is 0 Å². The Hall–Kier alpha value is -1.16. The van der Waals surface area contributed by atoms with Crippen molar-refractivity contribution in [2.45, 2.75) is 47.1 Å². The highest BCUT2D eigenvalue weighted by atomic mass is 16.5. The van der Waals surface area contributed by atoms with Crippen LogP contribution >= 0.6 is 0 Å². The predicted octanol–water partition coefficient (Wildman–Crippen LogP) is 2.80. The van der Waals surface area contributed by atoms with Gasteiger partial charge >= 0.3 is 0 Å². The van der Waals surface area contributed by atoms with Crippen LogP contribution in [0.3, 0.4) is 0 Å². The van der Waals surface area contributed by atoms with Crippen molar-refractivity contribution in [2.75, 3.05) is 18.5 Å². The summed E-state index contributed by atoms with van der Waals surface area (Å²) < 4.78 is 5.69. The molecule has 0 atom stereocenters. The van der Waals surface area contributed by atoms with Gasteiger partial charge in [0.05, 0.1) is 0 Å². The number of hydrogen-bond donors (Lipinski definition) is 1. The van der Waals surface area contributed by atoms with Crippen LogP contribution in [-0.2, 0) is 10.3 Å². The molecule has 1 aromatic rings. The molecule has 4 nitrogen and oxygen atoms in total. The van der Waals surface area contributed by atoms with Gasteiger partial charge in [-0.25, -0.2) is 9.97 Å². The first kappa shape index (κ1) is 13.9. The Morgan fingerprint density at radius 2 is 1.82 bits per heavy atom. The van der Waals surface area contributed by atoms with E-state index >= 15 is 0 Å². The zero-order valence-corrected chi connectivity index (χ0v) is 11.7. The average molecular weight is 237 g/mol. The Morgan fingerprint density at radius 3 is 2.35 bits per heavy atom. The van der Waals surface area contributed by atoms with E-state index in [-0.39, 0.29) is 0 Å². The predicted molar refractivity (Wildman–Crippen MR) is 70.3 cm³/mol. The van der Waals surface area contributed by atoms with Crippen molar-refractivity contribution in [1.82, 2.24) is 9.97 Å². The lowest BCUT2D eigenvalue weighted by Gasteiger charge is -2.24. The SMILES string of the molecule is CCNc1nc(C(C)(C)OCC)nc(C)c1C. The number of ether oxygens (including phenoxy) is 1. The number of hydrogen-bond acceptors (Lipinski definition) is 4. The van der Waals surface area contributed by atoms with Crippen LogP contribution in [0.5, 0.6) is 0 Å². The molecular formula is C13H23N3O. The first-order valence-corrected chi connectivity index (χ1v) is 6.15. The van der Waals surface area contributed by atoms with Crippen LogP contribution in [0.4, 0.5) is 5.82 Å². The van der Waals surface area contributed by atoms with Gasteiger partial charge in [0.15, 0.2) is 5.82 Å². The Kier molecular flexibility index (Phi) is 4.46. The monoisotopic (exact) mass is 237 g/mol. The summed E-state index contributed by atoms with van der Waals surface area (Å²) in [5.41, 5.74) is 1.65. The topological polar surface area (TPSA) is 47.0 Å². The Balaban J connectivity index is 3.17. The lowest BCUT2D eigenvalue weighted by atomic mass is 10.1. The maximum atomic E-state index is 5.69. The summed E-state index contributed by atoms with van der Waals surface area (Å²) >= 11 is 0. The highest BCUT2D eigenvalue weighted by Crippen LogP contribution is 2.24. The molecule has 17 heavy (non-hydrogen) atoms. The van der Waals surface area contributed by atoms with Gasteiger partial charge in [-0.05, 0) is 41.5 Å². The van der Waals surface area contributed by atoms with Gasteiger partial charge in [0.1, 0.15) is 11.4 Å². The fourth-order valence-electron chi connectivity index (χ4n) is 1.66. The number of nitrogens with zero attached hydrogens (tertiary/aromatic N) is 2. The highest BCUT2D eigenvalue weighted by Gasteiger charge is 2.25. The maximum absolute atomic E-state index is 5.69. The molecule has 1 heterocycles. The summed E-state index contributed by atoms with van der Waals surface area (Å²) in [6.45, 7) is 13.6. The maximum Gasteiger partial charge on any atom is 0.162 e. The van der Waals surface area contributed by atoms with Crippen molar-refractivity contribution in [1.29, 1.82) is 0 Å². The second-order valence-electron chi connectivity index (χ2n) is 4.58. The average Bonchev–Trinajstić information content (AvgIpc) is 2.24. The highest BCUT2D eigenvalue weighted by molar-refractivity contribution is 5.45. The van der Waals surface area contributed by atoms with E-state index in [0.717, 1.165) is 29.4 Å². The third-order valence-corrected chi connectivity index (χ3v) is 2.78. The number of rotatable bonds is 5. The summed E-state index contributed by atoms with van der Waals surface area (Å²) in [6.07, 6.45) is 0. The van der Waals surface area contributed by atoms with E-state index < -0.39 is 5.60 Å². The fourth-order valence-corrected chi connectivity index (χ4v) is 1.66. The molecule has 0 saturated carbocycles. The van der Waals surface area contributed by atoms with Crippen molar-refractivity contribution in [2.24, 2.45) is 0 Å². The standard InChI is InChI=1S/C13H23N3O/c1-7-14-11-9(3)10(4)15-12(16-11)13(5,6)17-8-2/h7-8H2,1-6H3,(H,14,15,16). The van der Waals surface area contributed by atoms with E-state index in [9.17, 15) is 0 Å². The smallest absolute Gasteiger partial charge is 0.162 e. The molecule has 0 unspecified atom stereocenters. The van der Waals surface area contributed by atoms with Gasteiger partial charge < -0.3 is 10.1 Å². The molecular weight excluding hydrogens is 214 g/mol. The summed E-state index contributed by atoms with van der Waals surface area (Å²) in [5.74, 6) is 1.64. The van der Waals surface area contributed by atoms with Crippen molar-refractivity contribution in [3.63, 3.8) is 0 Å². The van der Waals surface area contributed by atoms with Crippen LogP contribution in [-0.4, -0.2) is 23.1 Å². The van der Waals surface area contributed by atoms with Crippen LogP contribution < -0.4 is 5.32 Å². The van der Waals surface area contributed by atoms with Crippen molar-refractivity contribution < 1.29 is 4.74 Å². The van der Waals surface area contributed by atoms with E-state index in [1.165, 1.54) is 0 Å². The van der Waals surface area contributed by atoms with E-state index in [4.69, 9.17) is 4.74 Å². The zero-order valence-electron chi connectivity index (χ0n) is 11.7. The molecule has 0 aliphatic rings. The van der Waals surface area contributed by atoms with Crippen LogP contribution in [0.1, 0.15) is 44.8 Å². The van der Waals surface area contributed by atoms with Crippen LogP contribution in [0.25, 0.3) is 0 Å². The molecule has 4 heteroatoms. The third kappa shape index (κ3) is 3.16. The second-order valence-corrected chi connectivity index (χ2v) is 4.58. The Morgan fingerprint density at radius 1 is 1.18 bits per heavy atom. The normalized spacial score (nSPS) is 11.6. The minimum atomic E-state index is -0.447. The summed E-state index contributed by atoms with van der Waals surface area (Å²) in [7, 11) is 0.